The molecule has 2 aliphatic rings. The number of nitrogens with one attached hydrogen (secondary N) is 2. The van der Waals surface area contributed by atoms with Gasteiger partial charge in [0, 0.05) is 38.3 Å². The molecule has 5 heteroatoms. The van der Waals surface area contributed by atoms with Crippen molar-refractivity contribution >= 4 is 5.96 Å². The molecule has 1 aliphatic carbocycles. The zero-order chi connectivity index (χ0) is 19.8. The maximum atomic E-state index is 4.78. The standard InChI is InChI=1S/C23H39N5/c1-4-24-23(25-13-16-28(19(2)3)22-11-12-22)26-17-20-7-9-21(10-8-20)18-27-14-5-6-15-27/h7-10,19,22H,4-6,11-18H2,1-3H3,(H2,24,25,26). The summed E-state index contributed by atoms with van der Waals surface area (Å²) in [6, 6.07) is 10.4. The van der Waals surface area contributed by atoms with Crippen molar-refractivity contribution in [2.24, 2.45) is 4.99 Å². The molecule has 1 aromatic rings. The Morgan fingerprint density at radius 1 is 1.11 bits per heavy atom. The van der Waals surface area contributed by atoms with Crippen molar-refractivity contribution in [1.29, 1.82) is 0 Å². The molecule has 3 rings (SSSR count). The second kappa shape index (κ2) is 10.8. The highest BCUT2D eigenvalue weighted by molar-refractivity contribution is 5.79. The van der Waals surface area contributed by atoms with E-state index in [2.05, 4.69) is 65.5 Å². The summed E-state index contributed by atoms with van der Waals surface area (Å²) in [6.07, 6.45) is 5.42. The molecule has 1 aliphatic heterocycles. The smallest absolute Gasteiger partial charge is 0.191 e. The Kier molecular flexibility index (Phi) is 8.16. The highest BCUT2D eigenvalue weighted by atomic mass is 15.2. The molecule has 0 aromatic heterocycles. The van der Waals surface area contributed by atoms with Gasteiger partial charge in [-0.2, -0.15) is 0 Å². The van der Waals surface area contributed by atoms with E-state index in [0.717, 1.165) is 44.7 Å². The first-order valence-corrected chi connectivity index (χ1v) is 11.2. The van der Waals surface area contributed by atoms with Gasteiger partial charge in [-0.3, -0.25) is 9.80 Å². The van der Waals surface area contributed by atoms with Gasteiger partial charge in [0.05, 0.1) is 6.54 Å². The fourth-order valence-corrected chi connectivity index (χ4v) is 4.03. The predicted octanol–water partition coefficient (Wildman–Crippen LogP) is 3.21. The molecule has 0 bridgehead atoms. The van der Waals surface area contributed by atoms with Crippen LogP contribution >= 0.6 is 0 Å². The van der Waals surface area contributed by atoms with Crippen LogP contribution in [0.4, 0.5) is 0 Å². The van der Waals surface area contributed by atoms with E-state index in [0.29, 0.717) is 6.04 Å². The lowest BCUT2D eigenvalue weighted by molar-refractivity contribution is 0.215. The largest absolute Gasteiger partial charge is 0.357 e. The Bertz CT molecular complexity index is 598. The number of benzene rings is 1. The predicted molar refractivity (Wildman–Crippen MR) is 119 cm³/mol. The van der Waals surface area contributed by atoms with Crippen LogP contribution in [-0.4, -0.2) is 60.6 Å². The Morgan fingerprint density at radius 2 is 1.79 bits per heavy atom. The van der Waals surface area contributed by atoms with Gasteiger partial charge in [0.15, 0.2) is 5.96 Å². The molecular formula is C23H39N5. The van der Waals surface area contributed by atoms with Crippen molar-refractivity contribution in [3.05, 3.63) is 35.4 Å². The van der Waals surface area contributed by atoms with Crippen LogP contribution in [0.2, 0.25) is 0 Å². The first-order chi connectivity index (χ1) is 13.7. The summed E-state index contributed by atoms with van der Waals surface area (Å²) in [4.78, 5) is 9.94. The van der Waals surface area contributed by atoms with Crippen LogP contribution in [0.1, 0.15) is 57.6 Å². The van der Waals surface area contributed by atoms with E-state index < -0.39 is 0 Å². The van der Waals surface area contributed by atoms with Crippen LogP contribution in [0.5, 0.6) is 0 Å². The lowest BCUT2D eigenvalue weighted by Gasteiger charge is -2.26. The van der Waals surface area contributed by atoms with Crippen molar-refractivity contribution in [2.45, 2.75) is 71.6 Å². The molecule has 28 heavy (non-hydrogen) atoms. The van der Waals surface area contributed by atoms with E-state index in [1.807, 2.05) is 0 Å². The van der Waals surface area contributed by atoms with E-state index in [-0.39, 0.29) is 0 Å². The Hall–Kier alpha value is -1.59. The third-order valence-electron chi connectivity index (χ3n) is 5.73. The summed E-state index contributed by atoms with van der Waals surface area (Å²) in [5.74, 6) is 0.920. The van der Waals surface area contributed by atoms with Crippen molar-refractivity contribution in [3.8, 4) is 0 Å². The fraction of sp³-hybridized carbons (Fsp3) is 0.696. The van der Waals surface area contributed by atoms with Crippen molar-refractivity contribution in [1.82, 2.24) is 20.4 Å². The molecule has 1 heterocycles. The second-order valence-electron chi connectivity index (χ2n) is 8.48. The minimum Gasteiger partial charge on any atom is -0.357 e. The third kappa shape index (κ3) is 6.78. The lowest BCUT2D eigenvalue weighted by Crippen LogP contribution is -2.43. The van der Waals surface area contributed by atoms with E-state index >= 15 is 0 Å². The number of nitrogens with zero attached hydrogens (tertiary/aromatic N) is 3. The highest BCUT2D eigenvalue weighted by Crippen LogP contribution is 2.27. The SMILES string of the molecule is CCNC(=NCc1ccc(CN2CCCC2)cc1)NCCN(C(C)C)C1CC1. The number of hydrogen-bond donors (Lipinski definition) is 2. The summed E-state index contributed by atoms with van der Waals surface area (Å²) in [7, 11) is 0. The molecule has 156 valence electrons. The summed E-state index contributed by atoms with van der Waals surface area (Å²) in [5, 5.41) is 6.88. The minimum atomic E-state index is 0.618. The first kappa shape index (κ1) is 21.1. The van der Waals surface area contributed by atoms with E-state index in [1.54, 1.807) is 0 Å². The van der Waals surface area contributed by atoms with Crippen LogP contribution < -0.4 is 10.6 Å². The van der Waals surface area contributed by atoms with Crippen molar-refractivity contribution in [2.75, 3.05) is 32.7 Å². The van der Waals surface area contributed by atoms with Crippen LogP contribution in [0, 0.1) is 0 Å². The summed E-state index contributed by atoms with van der Waals surface area (Å²) in [5.41, 5.74) is 2.68. The maximum absolute atomic E-state index is 4.78. The first-order valence-electron chi connectivity index (χ1n) is 11.2. The molecule has 1 saturated heterocycles. The van der Waals surface area contributed by atoms with E-state index in [1.165, 1.54) is 49.9 Å². The monoisotopic (exact) mass is 385 g/mol. The van der Waals surface area contributed by atoms with E-state index in [9.17, 15) is 0 Å². The topological polar surface area (TPSA) is 42.9 Å². The van der Waals surface area contributed by atoms with E-state index in [4.69, 9.17) is 4.99 Å². The lowest BCUT2D eigenvalue weighted by atomic mass is 10.1. The Balaban J connectivity index is 1.46. The normalized spacial score (nSPS) is 18.2. The van der Waals surface area contributed by atoms with Gasteiger partial charge in [0.2, 0.25) is 0 Å². The molecule has 0 amide bonds. The van der Waals surface area contributed by atoms with Crippen LogP contribution in [0.15, 0.2) is 29.3 Å². The maximum Gasteiger partial charge on any atom is 0.191 e. The minimum absolute atomic E-state index is 0.618. The summed E-state index contributed by atoms with van der Waals surface area (Å²) >= 11 is 0. The average molecular weight is 386 g/mol. The number of likely N-dealkylation sites (tertiary alicyclic amines) is 1. The molecule has 1 aromatic carbocycles. The summed E-state index contributed by atoms with van der Waals surface area (Å²) in [6.45, 7) is 13.9. The number of aliphatic imine (C=N–C) groups is 1. The fourth-order valence-electron chi connectivity index (χ4n) is 4.03. The quantitative estimate of drug-likeness (QED) is 0.479. The van der Waals surface area contributed by atoms with Crippen LogP contribution in [0.3, 0.4) is 0 Å². The number of hydrogen-bond acceptors (Lipinski definition) is 3. The number of rotatable bonds is 10. The second-order valence-corrected chi connectivity index (χ2v) is 8.48. The Labute approximate surface area is 171 Å². The molecule has 5 nitrogen and oxygen atoms in total. The molecule has 1 saturated carbocycles. The average Bonchev–Trinajstić information content (AvgIpc) is 3.39. The van der Waals surface area contributed by atoms with Gasteiger partial charge in [-0.05, 0) is 70.7 Å². The molecule has 0 radical (unpaired) electrons. The van der Waals surface area contributed by atoms with Crippen molar-refractivity contribution in [3.63, 3.8) is 0 Å². The van der Waals surface area contributed by atoms with Crippen molar-refractivity contribution < 1.29 is 0 Å². The van der Waals surface area contributed by atoms with Gasteiger partial charge in [0.25, 0.3) is 0 Å². The molecule has 2 N–H and O–H groups in total. The van der Waals surface area contributed by atoms with Gasteiger partial charge in [-0.1, -0.05) is 24.3 Å². The van der Waals surface area contributed by atoms with Crippen LogP contribution in [-0.2, 0) is 13.1 Å². The molecule has 0 unspecified atom stereocenters. The summed E-state index contributed by atoms with van der Waals surface area (Å²) < 4.78 is 0. The molecular weight excluding hydrogens is 346 g/mol. The molecule has 0 atom stereocenters. The molecule has 0 spiro atoms. The number of guanidine groups is 1. The van der Waals surface area contributed by atoms with Gasteiger partial charge in [0.1, 0.15) is 0 Å². The molecule has 2 fully saturated rings. The van der Waals surface area contributed by atoms with Gasteiger partial charge in [-0.25, -0.2) is 4.99 Å². The Morgan fingerprint density at radius 3 is 2.39 bits per heavy atom. The zero-order valence-electron chi connectivity index (χ0n) is 18.1. The van der Waals surface area contributed by atoms with Crippen LogP contribution in [0.25, 0.3) is 0 Å². The zero-order valence-corrected chi connectivity index (χ0v) is 18.1. The van der Waals surface area contributed by atoms with Gasteiger partial charge < -0.3 is 10.6 Å². The van der Waals surface area contributed by atoms with Gasteiger partial charge in [-0.15, -0.1) is 0 Å². The van der Waals surface area contributed by atoms with Gasteiger partial charge >= 0.3 is 0 Å². The third-order valence-corrected chi connectivity index (χ3v) is 5.73. The highest BCUT2D eigenvalue weighted by Gasteiger charge is 2.30.